The van der Waals surface area contributed by atoms with E-state index in [9.17, 15) is 0 Å². The highest BCUT2D eigenvalue weighted by Gasteiger charge is 2.09. The van der Waals surface area contributed by atoms with E-state index in [0.29, 0.717) is 0 Å². The molecule has 0 atom stereocenters. The fraction of sp³-hybridized carbons (Fsp3) is 0.294. The molecule has 3 heteroatoms. The van der Waals surface area contributed by atoms with E-state index in [2.05, 4.69) is 79.0 Å². The Bertz CT molecular complexity index is 635. The van der Waals surface area contributed by atoms with Gasteiger partial charge in [-0.1, -0.05) is 22.0 Å². The minimum Gasteiger partial charge on any atom is -0.397 e. The van der Waals surface area contributed by atoms with Crippen molar-refractivity contribution in [1.29, 1.82) is 0 Å². The third-order valence-corrected chi connectivity index (χ3v) is 4.27. The lowest BCUT2D eigenvalue weighted by atomic mass is 10.1. The normalized spacial score (nSPS) is 10.7. The molecule has 2 rings (SSSR count). The van der Waals surface area contributed by atoms with Gasteiger partial charge < -0.3 is 10.6 Å². The SMILES string of the molecule is Cc1cc(N)c(N(C)Cc2cc(Br)ccc2C)cc1C. The third-order valence-electron chi connectivity index (χ3n) is 3.77. The van der Waals surface area contributed by atoms with Gasteiger partial charge in [0.2, 0.25) is 0 Å². The number of hydrogen-bond donors (Lipinski definition) is 1. The summed E-state index contributed by atoms with van der Waals surface area (Å²) in [4.78, 5) is 2.20. The highest BCUT2D eigenvalue weighted by atomic mass is 79.9. The van der Waals surface area contributed by atoms with Gasteiger partial charge in [0.25, 0.3) is 0 Å². The number of benzene rings is 2. The van der Waals surface area contributed by atoms with Crippen LogP contribution in [0.25, 0.3) is 0 Å². The molecular formula is C17H21BrN2. The van der Waals surface area contributed by atoms with Gasteiger partial charge in [-0.2, -0.15) is 0 Å². The summed E-state index contributed by atoms with van der Waals surface area (Å²) in [5, 5.41) is 0. The number of nitrogens with two attached hydrogens (primary N) is 1. The van der Waals surface area contributed by atoms with Crippen molar-refractivity contribution in [3.8, 4) is 0 Å². The Morgan fingerprint density at radius 2 is 1.65 bits per heavy atom. The second-order valence-electron chi connectivity index (χ2n) is 5.42. The molecule has 0 unspecified atom stereocenters. The van der Waals surface area contributed by atoms with Gasteiger partial charge >= 0.3 is 0 Å². The largest absolute Gasteiger partial charge is 0.397 e. The van der Waals surface area contributed by atoms with Crippen LogP contribution < -0.4 is 10.6 Å². The molecule has 2 nitrogen and oxygen atoms in total. The van der Waals surface area contributed by atoms with Crippen molar-refractivity contribution in [2.75, 3.05) is 17.7 Å². The Morgan fingerprint density at radius 3 is 2.35 bits per heavy atom. The van der Waals surface area contributed by atoms with Crippen LogP contribution in [0, 0.1) is 20.8 Å². The molecule has 0 aliphatic carbocycles. The molecule has 0 amide bonds. The Labute approximate surface area is 129 Å². The van der Waals surface area contributed by atoms with Crippen LogP contribution >= 0.6 is 15.9 Å². The van der Waals surface area contributed by atoms with Crippen LogP contribution in [0.1, 0.15) is 22.3 Å². The smallest absolute Gasteiger partial charge is 0.0603 e. The lowest BCUT2D eigenvalue weighted by molar-refractivity contribution is 0.913. The van der Waals surface area contributed by atoms with Crippen LogP contribution in [-0.2, 0) is 6.54 Å². The zero-order valence-electron chi connectivity index (χ0n) is 12.5. The molecule has 0 aromatic heterocycles. The molecule has 20 heavy (non-hydrogen) atoms. The average Bonchev–Trinajstić information content (AvgIpc) is 2.38. The third kappa shape index (κ3) is 3.15. The summed E-state index contributed by atoms with van der Waals surface area (Å²) in [5.74, 6) is 0. The van der Waals surface area contributed by atoms with Crippen LogP contribution in [0.4, 0.5) is 11.4 Å². The standard InChI is InChI=1S/C17H21BrN2/c1-11-5-6-15(18)9-14(11)10-20(4)17-8-13(3)12(2)7-16(17)19/h5-9H,10,19H2,1-4H3. The van der Waals surface area contributed by atoms with Gasteiger partial charge in [-0.25, -0.2) is 0 Å². The van der Waals surface area contributed by atoms with Gasteiger partial charge in [0.1, 0.15) is 0 Å². The molecule has 2 aromatic carbocycles. The number of nitrogens with zero attached hydrogens (tertiary/aromatic N) is 1. The van der Waals surface area contributed by atoms with Gasteiger partial charge in [-0.05, 0) is 67.3 Å². The van der Waals surface area contributed by atoms with E-state index < -0.39 is 0 Å². The van der Waals surface area contributed by atoms with Crippen molar-refractivity contribution >= 4 is 27.3 Å². The molecule has 0 radical (unpaired) electrons. The Morgan fingerprint density at radius 1 is 1.00 bits per heavy atom. The zero-order valence-corrected chi connectivity index (χ0v) is 14.1. The van der Waals surface area contributed by atoms with E-state index >= 15 is 0 Å². The van der Waals surface area contributed by atoms with Crippen molar-refractivity contribution in [2.24, 2.45) is 0 Å². The van der Waals surface area contributed by atoms with Gasteiger partial charge in [0.05, 0.1) is 11.4 Å². The molecule has 0 fully saturated rings. The van der Waals surface area contributed by atoms with E-state index in [1.165, 1.54) is 22.3 Å². The maximum absolute atomic E-state index is 6.16. The first-order valence-electron chi connectivity index (χ1n) is 6.71. The summed E-state index contributed by atoms with van der Waals surface area (Å²) >= 11 is 3.53. The quantitative estimate of drug-likeness (QED) is 0.832. The van der Waals surface area contributed by atoms with Crippen molar-refractivity contribution in [2.45, 2.75) is 27.3 Å². The van der Waals surface area contributed by atoms with Crippen molar-refractivity contribution < 1.29 is 0 Å². The van der Waals surface area contributed by atoms with E-state index in [0.717, 1.165) is 22.4 Å². The fourth-order valence-corrected chi connectivity index (χ4v) is 2.71. The molecule has 2 N–H and O–H groups in total. The summed E-state index contributed by atoms with van der Waals surface area (Å²) in [6, 6.07) is 10.6. The summed E-state index contributed by atoms with van der Waals surface area (Å²) in [7, 11) is 2.08. The van der Waals surface area contributed by atoms with Crippen LogP contribution in [-0.4, -0.2) is 7.05 Å². The average molecular weight is 333 g/mol. The molecule has 0 aliphatic heterocycles. The van der Waals surface area contributed by atoms with E-state index in [-0.39, 0.29) is 0 Å². The van der Waals surface area contributed by atoms with Crippen molar-refractivity contribution in [3.05, 3.63) is 57.1 Å². The second kappa shape index (κ2) is 5.88. The summed E-state index contributed by atoms with van der Waals surface area (Å²) in [6.45, 7) is 7.20. The highest BCUT2D eigenvalue weighted by molar-refractivity contribution is 9.10. The van der Waals surface area contributed by atoms with Gasteiger partial charge in [0, 0.05) is 18.1 Å². The second-order valence-corrected chi connectivity index (χ2v) is 6.34. The van der Waals surface area contributed by atoms with Crippen LogP contribution in [0.2, 0.25) is 0 Å². The predicted molar refractivity (Wildman–Crippen MR) is 91.3 cm³/mol. The number of rotatable bonds is 3. The van der Waals surface area contributed by atoms with Gasteiger partial charge in [-0.3, -0.25) is 0 Å². The van der Waals surface area contributed by atoms with Crippen LogP contribution in [0.5, 0.6) is 0 Å². The first kappa shape index (κ1) is 14.9. The van der Waals surface area contributed by atoms with Crippen molar-refractivity contribution in [1.82, 2.24) is 0 Å². The van der Waals surface area contributed by atoms with Crippen LogP contribution in [0.3, 0.4) is 0 Å². The predicted octanol–water partition coefficient (Wildman–Crippen LogP) is 4.59. The molecule has 106 valence electrons. The monoisotopic (exact) mass is 332 g/mol. The number of nitrogen functional groups attached to an aromatic ring is 1. The fourth-order valence-electron chi connectivity index (χ4n) is 2.30. The highest BCUT2D eigenvalue weighted by Crippen LogP contribution is 2.28. The molecular weight excluding hydrogens is 312 g/mol. The lowest BCUT2D eigenvalue weighted by Crippen LogP contribution is -2.18. The van der Waals surface area contributed by atoms with E-state index in [4.69, 9.17) is 5.73 Å². The lowest BCUT2D eigenvalue weighted by Gasteiger charge is -2.23. The molecule has 0 spiro atoms. The summed E-state index contributed by atoms with van der Waals surface area (Å²) < 4.78 is 1.11. The summed E-state index contributed by atoms with van der Waals surface area (Å²) in [5.41, 5.74) is 13.2. The van der Waals surface area contributed by atoms with E-state index in [1.54, 1.807) is 0 Å². The zero-order chi connectivity index (χ0) is 14.9. The van der Waals surface area contributed by atoms with Crippen molar-refractivity contribution in [3.63, 3.8) is 0 Å². The number of halogens is 1. The maximum atomic E-state index is 6.16. The van der Waals surface area contributed by atoms with E-state index in [1.807, 2.05) is 0 Å². The number of hydrogen-bond acceptors (Lipinski definition) is 2. The van der Waals surface area contributed by atoms with Gasteiger partial charge in [0.15, 0.2) is 0 Å². The molecule has 0 saturated heterocycles. The minimum absolute atomic E-state index is 0.836. The molecule has 0 heterocycles. The maximum Gasteiger partial charge on any atom is 0.0603 e. The van der Waals surface area contributed by atoms with Gasteiger partial charge in [-0.15, -0.1) is 0 Å². The first-order chi connectivity index (χ1) is 9.38. The Kier molecular flexibility index (Phi) is 4.39. The Hall–Kier alpha value is -1.48. The topological polar surface area (TPSA) is 29.3 Å². The van der Waals surface area contributed by atoms with Crippen LogP contribution in [0.15, 0.2) is 34.8 Å². The number of aryl methyl sites for hydroxylation is 3. The molecule has 2 aromatic rings. The minimum atomic E-state index is 0.836. The molecule has 0 aliphatic rings. The number of anilines is 2. The molecule has 0 saturated carbocycles. The Balaban J connectivity index is 2.30. The summed E-state index contributed by atoms with van der Waals surface area (Å²) in [6.07, 6.45) is 0. The first-order valence-corrected chi connectivity index (χ1v) is 7.50. The molecule has 0 bridgehead atoms.